The molecule has 0 spiro atoms. The molecule has 5 nitrogen and oxygen atoms in total. The first-order chi connectivity index (χ1) is 13.5. The van der Waals surface area contributed by atoms with Crippen LogP contribution < -0.4 is 10.1 Å². The maximum atomic E-state index is 12.2. The summed E-state index contributed by atoms with van der Waals surface area (Å²) in [7, 11) is 3.39. The zero-order valence-electron chi connectivity index (χ0n) is 16.0. The van der Waals surface area contributed by atoms with Crippen molar-refractivity contribution in [2.45, 2.75) is 11.0 Å². The van der Waals surface area contributed by atoms with Crippen LogP contribution in [0.2, 0.25) is 0 Å². The quantitative estimate of drug-likeness (QED) is 0.762. The Morgan fingerprint density at radius 1 is 1.11 bits per heavy atom. The zero-order chi connectivity index (χ0) is 19.9. The summed E-state index contributed by atoms with van der Waals surface area (Å²) in [6.07, 6.45) is 1.27. The van der Waals surface area contributed by atoms with Gasteiger partial charge in [0.15, 0.2) is 6.61 Å². The van der Waals surface area contributed by atoms with E-state index in [0.717, 1.165) is 0 Å². The van der Waals surface area contributed by atoms with E-state index in [4.69, 9.17) is 4.74 Å². The highest BCUT2D eigenvalue weighted by Crippen LogP contribution is 2.43. The lowest BCUT2D eigenvalue weighted by molar-refractivity contribution is -0.118. The topological polar surface area (TPSA) is 58.6 Å². The van der Waals surface area contributed by atoms with Crippen molar-refractivity contribution in [1.82, 2.24) is 4.90 Å². The van der Waals surface area contributed by atoms with Crippen molar-refractivity contribution >= 4 is 41.0 Å². The Morgan fingerprint density at radius 2 is 1.82 bits per heavy atom. The van der Waals surface area contributed by atoms with E-state index in [1.807, 2.05) is 35.7 Å². The predicted octanol–water partition coefficient (Wildman–Crippen LogP) is 4.27. The van der Waals surface area contributed by atoms with Crippen LogP contribution in [0.25, 0.3) is 0 Å². The SMILES string of the molecule is CN(C)C(=O)c1cccc(NC(=O)COc2ccc(C3SCCCS3)cc2)c1. The lowest BCUT2D eigenvalue weighted by Gasteiger charge is -2.21. The van der Waals surface area contributed by atoms with Gasteiger partial charge in [-0.15, -0.1) is 23.5 Å². The van der Waals surface area contributed by atoms with Crippen LogP contribution in [-0.2, 0) is 4.79 Å². The van der Waals surface area contributed by atoms with Crippen LogP contribution >= 0.6 is 23.5 Å². The summed E-state index contributed by atoms with van der Waals surface area (Å²) < 4.78 is 6.09. The molecule has 0 aromatic heterocycles. The first kappa shape index (κ1) is 20.6. The fourth-order valence-corrected chi connectivity index (χ4v) is 5.63. The molecule has 148 valence electrons. The monoisotopic (exact) mass is 416 g/mol. The second kappa shape index (κ2) is 9.89. The summed E-state index contributed by atoms with van der Waals surface area (Å²) in [6, 6.07) is 14.8. The predicted molar refractivity (Wildman–Crippen MR) is 117 cm³/mol. The van der Waals surface area contributed by atoms with Crippen molar-refractivity contribution in [2.24, 2.45) is 0 Å². The van der Waals surface area contributed by atoms with Gasteiger partial charge in [0.05, 0.1) is 4.58 Å². The highest BCUT2D eigenvalue weighted by Gasteiger charge is 2.16. The average Bonchev–Trinajstić information content (AvgIpc) is 2.73. The number of anilines is 1. The lowest BCUT2D eigenvalue weighted by atomic mass is 10.2. The maximum Gasteiger partial charge on any atom is 0.262 e. The maximum absolute atomic E-state index is 12.2. The molecule has 0 atom stereocenters. The number of hydrogen-bond acceptors (Lipinski definition) is 5. The van der Waals surface area contributed by atoms with Gasteiger partial charge in [-0.2, -0.15) is 0 Å². The molecule has 1 saturated heterocycles. The van der Waals surface area contributed by atoms with Crippen LogP contribution in [0.1, 0.15) is 26.9 Å². The highest BCUT2D eigenvalue weighted by molar-refractivity contribution is 8.16. The fraction of sp³-hybridized carbons (Fsp3) is 0.333. The van der Waals surface area contributed by atoms with E-state index in [2.05, 4.69) is 17.4 Å². The molecule has 0 radical (unpaired) electrons. The molecule has 2 amide bonds. The summed E-state index contributed by atoms with van der Waals surface area (Å²) in [5, 5.41) is 2.77. The molecule has 3 rings (SSSR count). The largest absolute Gasteiger partial charge is 0.484 e. The molecular formula is C21H24N2O3S2. The molecule has 1 heterocycles. The molecule has 28 heavy (non-hydrogen) atoms. The third-order valence-corrected chi connectivity index (χ3v) is 7.16. The van der Waals surface area contributed by atoms with Gasteiger partial charge in [-0.05, 0) is 53.8 Å². The van der Waals surface area contributed by atoms with E-state index in [9.17, 15) is 9.59 Å². The Kier molecular flexibility index (Phi) is 7.28. The van der Waals surface area contributed by atoms with Gasteiger partial charge in [0, 0.05) is 25.3 Å². The fourth-order valence-electron chi connectivity index (χ4n) is 2.74. The van der Waals surface area contributed by atoms with Crippen molar-refractivity contribution in [1.29, 1.82) is 0 Å². The molecule has 1 fully saturated rings. The molecule has 0 bridgehead atoms. The molecule has 2 aromatic carbocycles. The number of thioether (sulfide) groups is 2. The standard InChI is InChI=1S/C21H24N2O3S2/c1-23(2)20(25)16-5-3-6-17(13-16)22-19(24)14-26-18-9-7-15(8-10-18)21-27-11-4-12-28-21/h3,5-10,13,21H,4,11-12,14H2,1-2H3,(H,22,24). The van der Waals surface area contributed by atoms with E-state index < -0.39 is 0 Å². The molecule has 1 aliphatic rings. The normalized spacial score (nSPS) is 14.4. The van der Waals surface area contributed by atoms with Crippen molar-refractivity contribution in [2.75, 3.05) is 37.5 Å². The van der Waals surface area contributed by atoms with Gasteiger partial charge >= 0.3 is 0 Å². The molecular weight excluding hydrogens is 392 g/mol. The van der Waals surface area contributed by atoms with Crippen LogP contribution in [0, 0.1) is 0 Å². The Balaban J connectivity index is 1.51. The summed E-state index contributed by atoms with van der Waals surface area (Å²) >= 11 is 3.95. The minimum atomic E-state index is -0.267. The van der Waals surface area contributed by atoms with Gasteiger partial charge in [-0.25, -0.2) is 0 Å². The third kappa shape index (κ3) is 5.69. The van der Waals surface area contributed by atoms with E-state index in [1.165, 1.54) is 28.4 Å². The number of ether oxygens (including phenoxy) is 1. The van der Waals surface area contributed by atoms with E-state index in [0.29, 0.717) is 21.6 Å². The number of nitrogens with zero attached hydrogens (tertiary/aromatic N) is 1. The first-order valence-electron chi connectivity index (χ1n) is 9.10. The van der Waals surface area contributed by atoms with Crippen LogP contribution in [0.15, 0.2) is 48.5 Å². The molecule has 0 aliphatic carbocycles. The van der Waals surface area contributed by atoms with Gasteiger partial charge in [0.1, 0.15) is 5.75 Å². The Hall–Kier alpha value is -2.12. The van der Waals surface area contributed by atoms with Gasteiger partial charge in [-0.3, -0.25) is 9.59 Å². The summed E-state index contributed by atoms with van der Waals surface area (Å²) in [5.74, 6) is 2.70. The molecule has 0 saturated carbocycles. The highest BCUT2D eigenvalue weighted by atomic mass is 32.2. The summed E-state index contributed by atoms with van der Waals surface area (Å²) in [6.45, 7) is -0.0852. The third-order valence-electron chi connectivity index (χ3n) is 4.15. The Bertz CT molecular complexity index is 819. The van der Waals surface area contributed by atoms with E-state index in [-0.39, 0.29) is 18.4 Å². The number of carbonyl (C=O) groups excluding carboxylic acids is 2. The van der Waals surface area contributed by atoms with E-state index >= 15 is 0 Å². The number of hydrogen-bond donors (Lipinski definition) is 1. The number of benzene rings is 2. The van der Waals surface area contributed by atoms with E-state index in [1.54, 1.807) is 38.4 Å². The number of nitrogens with one attached hydrogen (secondary N) is 1. The van der Waals surface area contributed by atoms with Crippen LogP contribution in [-0.4, -0.2) is 48.9 Å². The molecule has 7 heteroatoms. The average molecular weight is 417 g/mol. The Morgan fingerprint density at radius 3 is 2.50 bits per heavy atom. The molecule has 2 aromatic rings. The van der Waals surface area contributed by atoms with Crippen LogP contribution in [0.3, 0.4) is 0 Å². The number of rotatable bonds is 6. The second-order valence-corrected chi connectivity index (χ2v) is 9.34. The van der Waals surface area contributed by atoms with Crippen molar-refractivity contribution in [3.05, 3.63) is 59.7 Å². The van der Waals surface area contributed by atoms with Gasteiger partial charge < -0.3 is 15.0 Å². The Labute approximate surface area is 174 Å². The molecule has 1 N–H and O–H groups in total. The van der Waals surface area contributed by atoms with Crippen LogP contribution in [0.5, 0.6) is 5.75 Å². The van der Waals surface area contributed by atoms with Crippen molar-refractivity contribution in [3.63, 3.8) is 0 Å². The second-order valence-electron chi connectivity index (χ2n) is 6.61. The first-order valence-corrected chi connectivity index (χ1v) is 11.2. The van der Waals surface area contributed by atoms with Crippen molar-refractivity contribution < 1.29 is 14.3 Å². The zero-order valence-corrected chi connectivity index (χ0v) is 17.6. The summed E-state index contributed by atoms with van der Waals surface area (Å²) in [5.41, 5.74) is 2.38. The smallest absolute Gasteiger partial charge is 0.262 e. The number of amides is 2. The molecule has 1 aliphatic heterocycles. The van der Waals surface area contributed by atoms with Crippen molar-refractivity contribution in [3.8, 4) is 5.75 Å². The minimum Gasteiger partial charge on any atom is -0.484 e. The summed E-state index contributed by atoms with van der Waals surface area (Å²) in [4.78, 5) is 25.7. The minimum absolute atomic E-state index is 0.0852. The number of carbonyl (C=O) groups is 2. The molecule has 0 unspecified atom stereocenters. The van der Waals surface area contributed by atoms with Gasteiger partial charge in [0.2, 0.25) is 0 Å². The van der Waals surface area contributed by atoms with Gasteiger partial charge in [0.25, 0.3) is 11.8 Å². The van der Waals surface area contributed by atoms with Crippen LogP contribution in [0.4, 0.5) is 5.69 Å². The van der Waals surface area contributed by atoms with Gasteiger partial charge in [-0.1, -0.05) is 18.2 Å². The lowest BCUT2D eigenvalue weighted by Crippen LogP contribution is -2.23.